The summed E-state index contributed by atoms with van der Waals surface area (Å²) in [6.45, 7) is 0.433. The third-order valence-electron chi connectivity index (χ3n) is 4.89. The van der Waals surface area contributed by atoms with Gasteiger partial charge < -0.3 is 15.3 Å². The largest absolute Gasteiger partial charge is 0.481 e. The van der Waals surface area contributed by atoms with Crippen molar-refractivity contribution in [3.63, 3.8) is 0 Å². The van der Waals surface area contributed by atoms with Crippen LogP contribution in [0.15, 0.2) is 35.5 Å². The first-order valence-corrected chi connectivity index (χ1v) is 9.20. The number of anilines is 1. The number of nitrogens with one attached hydrogen (secondary N) is 1. The number of rotatable bonds is 6. The fraction of sp³-hybridized carbons (Fsp3) is 0.474. The van der Waals surface area contributed by atoms with Crippen molar-refractivity contribution in [3.05, 3.63) is 40.6 Å². The number of carbonyl (C=O) groups excluding carboxylic acids is 1. The first-order chi connectivity index (χ1) is 12.0. The average molecular weight is 363 g/mol. The maximum atomic E-state index is 12.9. The van der Waals surface area contributed by atoms with E-state index in [0.717, 1.165) is 24.1 Å². The number of carbonyl (C=O) groups is 2. The van der Waals surface area contributed by atoms with Gasteiger partial charge in [-0.25, -0.2) is 0 Å². The Hall–Kier alpha value is -2.01. The summed E-state index contributed by atoms with van der Waals surface area (Å²) in [4.78, 5) is 25.6. The molecule has 134 valence electrons. The Bertz CT molecular complexity index is 678. The molecule has 1 aliphatic heterocycles. The zero-order valence-electron chi connectivity index (χ0n) is 14.1. The first kappa shape index (κ1) is 17.8. The Labute approximate surface area is 152 Å². The summed E-state index contributed by atoms with van der Waals surface area (Å²) in [5.74, 6) is -0.921. The molecule has 0 spiro atoms. The van der Waals surface area contributed by atoms with E-state index in [1.54, 1.807) is 17.0 Å². The Morgan fingerprint density at radius 1 is 1.20 bits per heavy atom. The van der Waals surface area contributed by atoms with Crippen LogP contribution in [0, 0.1) is 0 Å². The number of amides is 1. The lowest BCUT2D eigenvalue weighted by Gasteiger charge is -2.25. The molecule has 5 nitrogen and oxygen atoms in total. The Balaban J connectivity index is 1.79. The van der Waals surface area contributed by atoms with E-state index < -0.39 is 5.97 Å². The van der Waals surface area contributed by atoms with E-state index in [-0.39, 0.29) is 12.3 Å². The monoisotopic (exact) mass is 362 g/mol. The number of carboxylic acid groups (broad SMARTS) is 1. The summed E-state index contributed by atoms with van der Waals surface area (Å²) in [7, 11) is 0. The first-order valence-electron chi connectivity index (χ1n) is 8.82. The second kappa shape index (κ2) is 7.91. The van der Waals surface area contributed by atoms with Crippen LogP contribution in [0.4, 0.5) is 5.69 Å². The molecule has 1 aromatic rings. The quantitative estimate of drug-likeness (QED) is 0.809. The molecular weight excluding hydrogens is 340 g/mol. The number of hydrogen-bond acceptors (Lipinski definition) is 3. The zero-order valence-corrected chi connectivity index (χ0v) is 14.9. The van der Waals surface area contributed by atoms with E-state index in [9.17, 15) is 9.59 Å². The predicted molar refractivity (Wildman–Crippen MR) is 97.7 cm³/mol. The highest BCUT2D eigenvalue weighted by Gasteiger charge is 2.32. The molecule has 1 heterocycles. The van der Waals surface area contributed by atoms with Gasteiger partial charge >= 0.3 is 5.97 Å². The van der Waals surface area contributed by atoms with Gasteiger partial charge in [0.15, 0.2) is 0 Å². The van der Waals surface area contributed by atoms with Crippen LogP contribution in [-0.2, 0) is 9.59 Å². The van der Waals surface area contributed by atoms with Crippen LogP contribution in [0.2, 0.25) is 5.02 Å². The highest BCUT2D eigenvalue weighted by molar-refractivity contribution is 6.30. The van der Waals surface area contributed by atoms with Gasteiger partial charge in [-0.05, 0) is 49.1 Å². The van der Waals surface area contributed by atoms with E-state index in [1.807, 2.05) is 12.1 Å². The highest BCUT2D eigenvalue weighted by atomic mass is 35.5. The van der Waals surface area contributed by atoms with Gasteiger partial charge in [-0.15, -0.1) is 0 Å². The van der Waals surface area contributed by atoms with Crippen molar-refractivity contribution in [2.75, 3.05) is 11.4 Å². The van der Waals surface area contributed by atoms with Gasteiger partial charge in [0.05, 0.1) is 0 Å². The molecule has 1 aromatic carbocycles. The molecule has 2 N–H and O–H groups in total. The number of nitrogens with zero attached hydrogens (tertiary/aromatic N) is 1. The van der Waals surface area contributed by atoms with Gasteiger partial charge in [0.1, 0.15) is 5.70 Å². The van der Waals surface area contributed by atoms with Crippen LogP contribution in [-0.4, -0.2) is 29.6 Å². The normalized spacial score (nSPS) is 18.8. The summed E-state index contributed by atoms with van der Waals surface area (Å²) >= 11 is 5.93. The van der Waals surface area contributed by atoms with E-state index in [4.69, 9.17) is 16.7 Å². The minimum Gasteiger partial charge on any atom is -0.481 e. The van der Waals surface area contributed by atoms with Crippen molar-refractivity contribution in [2.45, 2.75) is 51.0 Å². The fourth-order valence-electron chi connectivity index (χ4n) is 3.53. The summed E-state index contributed by atoms with van der Waals surface area (Å²) in [6, 6.07) is 7.45. The molecule has 1 amide bonds. The number of hydrogen-bond donors (Lipinski definition) is 2. The summed E-state index contributed by atoms with van der Waals surface area (Å²) in [6.07, 6.45) is 6.13. The van der Waals surface area contributed by atoms with Crippen molar-refractivity contribution in [2.24, 2.45) is 0 Å². The molecule has 0 unspecified atom stereocenters. The average Bonchev–Trinajstić information content (AvgIpc) is 2.91. The Morgan fingerprint density at radius 3 is 2.52 bits per heavy atom. The van der Waals surface area contributed by atoms with Crippen molar-refractivity contribution >= 4 is 29.2 Å². The van der Waals surface area contributed by atoms with Crippen molar-refractivity contribution < 1.29 is 14.7 Å². The predicted octanol–water partition coefficient (Wildman–Crippen LogP) is 3.73. The zero-order chi connectivity index (χ0) is 17.8. The SMILES string of the molecule is O=C(O)CCC1=C(NC2CCCCC2)C(=O)N(c2ccc(Cl)cc2)C1. The lowest BCUT2D eigenvalue weighted by Crippen LogP contribution is -2.36. The molecule has 25 heavy (non-hydrogen) atoms. The fourth-order valence-corrected chi connectivity index (χ4v) is 3.66. The van der Waals surface area contributed by atoms with Crippen LogP contribution >= 0.6 is 11.6 Å². The maximum absolute atomic E-state index is 12.9. The van der Waals surface area contributed by atoms with Crippen LogP contribution in [0.5, 0.6) is 0 Å². The number of halogens is 1. The molecule has 1 aliphatic carbocycles. The molecule has 6 heteroatoms. The molecule has 2 aliphatic rings. The molecule has 0 saturated heterocycles. The van der Waals surface area contributed by atoms with E-state index in [1.165, 1.54) is 19.3 Å². The Kier molecular flexibility index (Phi) is 5.63. The van der Waals surface area contributed by atoms with Crippen molar-refractivity contribution in [1.82, 2.24) is 5.32 Å². The van der Waals surface area contributed by atoms with Gasteiger partial charge in [-0.3, -0.25) is 9.59 Å². The minimum atomic E-state index is -0.845. The molecule has 0 radical (unpaired) electrons. The van der Waals surface area contributed by atoms with Gasteiger partial charge in [0.2, 0.25) is 0 Å². The standard InChI is InChI=1S/C19H23ClN2O3/c20-14-7-9-16(10-8-14)22-12-13(6-11-17(23)24)18(19(22)25)21-15-4-2-1-3-5-15/h7-10,15,21H,1-6,11-12H2,(H,23,24). The van der Waals surface area contributed by atoms with Crippen molar-refractivity contribution in [1.29, 1.82) is 0 Å². The van der Waals surface area contributed by atoms with E-state index in [0.29, 0.717) is 29.7 Å². The number of aliphatic carboxylic acids is 1. The summed E-state index contributed by atoms with van der Waals surface area (Å²) in [5, 5.41) is 13.0. The van der Waals surface area contributed by atoms with Crippen LogP contribution in [0.3, 0.4) is 0 Å². The molecule has 3 rings (SSSR count). The van der Waals surface area contributed by atoms with Crippen molar-refractivity contribution in [3.8, 4) is 0 Å². The third-order valence-corrected chi connectivity index (χ3v) is 5.15. The van der Waals surface area contributed by atoms with Crippen LogP contribution < -0.4 is 10.2 Å². The van der Waals surface area contributed by atoms with Crippen LogP contribution in [0.25, 0.3) is 0 Å². The topological polar surface area (TPSA) is 69.6 Å². The molecule has 1 fully saturated rings. The van der Waals surface area contributed by atoms with Gasteiger partial charge in [0, 0.05) is 29.7 Å². The van der Waals surface area contributed by atoms with E-state index >= 15 is 0 Å². The molecular formula is C19H23ClN2O3. The third kappa shape index (κ3) is 4.34. The number of benzene rings is 1. The second-order valence-electron chi connectivity index (χ2n) is 6.72. The lowest BCUT2D eigenvalue weighted by molar-refractivity contribution is -0.137. The van der Waals surface area contributed by atoms with E-state index in [2.05, 4.69) is 5.32 Å². The van der Waals surface area contributed by atoms with Gasteiger partial charge in [-0.1, -0.05) is 30.9 Å². The molecule has 0 atom stereocenters. The smallest absolute Gasteiger partial charge is 0.303 e. The highest BCUT2D eigenvalue weighted by Crippen LogP contribution is 2.29. The minimum absolute atomic E-state index is 0.0346. The molecule has 0 aromatic heterocycles. The summed E-state index contributed by atoms with van der Waals surface area (Å²) in [5.41, 5.74) is 2.26. The lowest BCUT2D eigenvalue weighted by atomic mass is 9.95. The van der Waals surface area contributed by atoms with Crippen LogP contribution in [0.1, 0.15) is 44.9 Å². The second-order valence-corrected chi connectivity index (χ2v) is 7.16. The Morgan fingerprint density at radius 2 is 1.88 bits per heavy atom. The van der Waals surface area contributed by atoms with Gasteiger partial charge in [0.25, 0.3) is 5.91 Å². The molecule has 1 saturated carbocycles. The molecule has 0 bridgehead atoms. The summed E-state index contributed by atoms with van der Waals surface area (Å²) < 4.78 is 0. The van der Waals surface area contributed by atoms with Gasteiger partial charge in [-0.2, -0.15) is 0 Å². The maximum Gasteiger partial charge on any atom is 0.303 e. The number of carboxylic acids is 1.